The molecular weight excluding hydrogens is 404 g/mol. The van der Waals surface area contributed by atoms with E-state index in [1.54, 1.807) is 7.05 Å². The first-order valence-corrected chi connectivity index (χ1v) is 11.7. The quantitative estimate of drug-likeness (QED) is 0.742. The number of carbonyl (C=O) groups excluding carboxylic acids is 1. The average Bonchev–Trinajstić information content (AvgIpc) is 2.65. The number of benzene rings is 1. The second-order valence-electron chi connectivity index (χ2n) is 7.57. The molecule has 1 atom stereocenters. The third-order valence-corrected chi connectivity index (χ3v) is 6.33. The molecule has 28 heavy (non-hydrogen) atoms. The van der Waals surface area contributed by atoms with E-state index < -0.39 is 16.1 Å². The number of hydrogen-bond donors (Lipinski definition) is 1. The van der Waals surface area contributed by atoms with E-state index in [9.17, 15) is 13.2 Å². The summed E-state index contributed by atoms with van der Waals surface area (Å²) in [5.74, 6) is 0.711. The number of nitrogens with one attached hydrogen (secondary N) is 1. The molecule has 1 N–H and O–H groups in total. The number of nitrogens with zero attached hydrogens (tertiary/aromatic N) is 1. The predicted octanol–water partition coefficient (Wildman–Crippen LogP) is 2.15. The minimum absolute atomic E-state index is 0.0266. The summed E-state index contributed by atoms with van der Waals surface area (Å²) in [5.41, 5.74) is 0.965. The van der Waals surface area contributed by atoms with Gasteiger partial charge in [0.05, 0.1) is 18.5 Å². The minimum atomic E-state index is -3.34. The van der Waals surface area contributed by atoms with Gasteiger partial charge in [-0.2, -0.15) is 0 Å². The molecule has 4 rings (SSSR count). The molecule has 0 spiro atoms. The summed E-state index contributed by atoms with van der Waals surface area (Å²) in [5, 5.41) is 0.660. The number of carbonyl (C=O) groups is 1. The van der Waals surface area contributed by atoms with Crippen LogP contribution in [0.25, 0.3) is 0 Å². The summed E-state index contributed by atoms with van der Waals surface area (Å²) >= 11 is 6.46. The monoisotopic (exact) mass is 430 g/mol. The number of amides is 1. The molecule has 2 bridgehead atoms. The largest absolute Gasteiger partial charge is 0.483 e. The van der Waals surface area contributed by atoms with Crippen LogP contribution < -0.4 is 9.46 Å². The third kappa shape index (κ3) is 5.59. The lowest BCUT2D eigenvalue weighted by Gasteiger charge is -2.33. The van der Waals surface area contributed by atoms with E-state index in [1.807, 2.05) is 18.2 Å². The highest BCUT2D eigenvalue weighted by atomic mass is 35.5. The number of fused-ring (bicyclic) bond motifs is 8. The smallest absolute Gasteiger partial charge is 0.260 e. The fraction of sp³-hybridized carbons (Fsp3) is 0.632. The zero-order valence-corrected chi connectivity index (χ0v) is 17.8. The number of sulfonamides is 1. The van der Waals surface area contributed by atoms with Crippen LogP contribution in [0.15, 0.2) is 18.2 Å². The fourth-order valence-corrected chi connectivity index (χ4v) is 4.66. The normalized spacial score (nSPS) is 26.6. The van der Waals surface area contributed by atoms with Crippen LogP contribution in [0.3, 0.4) is 0 Å². The highest BCUT2D eigenvalue weighted by Crippen LogP contribution is 2.42. The van der Waals surface area contributed by atoms with E-state index >= 15 is 0 Å². The summed E-state index contributed by atoms with van der Waals surface area (Å²) in [6.07, 6.45) is 4.23. The number of likely N-dealkylation sites (N-methyl/N-ethyl adjacent to an activating group) is 1. The SMILES string of the molecule is CN1CC(CNS(C)(=O)=O)O[C@H]2CC[C@H](CC2)c2c(Cl)cccc2OCC1=O. The molecule has 0 saturated heterocycles. The van der Waals surface area contributed by atoms with E-state index in [4.69, 9.17) is 21.1 Å². The molecule has 9 heteroatoms. The Morgan fingerprint density at radius 2 is 1.96 bits per heavy atom. The molecule has 1 unspecified atom stereocenters. The van der Waals surface area contributed by atoms with Gasteiger partial charge < -0.3 is 14.4 Å². The van der Waals surface area contributed by atoms with Crippen molar-refractivity contribution in [3.63, 3.8) is 0 Å². The summed E-state index contributed by atoms with van der Waals surface area (Å²) < 4.78 is 37.5. The third-order valence-electron chi connectivity index (χ3n) is 5.31. The van der Waals surface area contributed by atoms with Crippen LogP contribution >= 0.6 is 11.6 Å². The van der Waals surface area contributed by atoms with Crippen molar-refractivity contribution in [3.05, 3.63) is 28.8 Å². The molecule has 3 aliphatic rings. The summed E-state index contributed by atoms with van der Waals surface area (Å²) in [6.45, 7) is 0.308. The van der Waals surface area contributed by atoms with Gasteiger partial charge in [0, 0.05) is 30.7 Å². The van der Waals surface area contributed by atoms with E-state index in [-0.39, 0.29) is 37.6 Å². The maximum atomic E-state index is 12.5. The minimum Gasteiger partial charge on any atom is -0.483 e. The second-order valence-corrected chi connectivity index (χ2v) is 9.81. The van der Waals surface area contributed by atoms with Crippen molar-refractivity contribution in [3.8, 4) is 5.75 Å². The lowest BCUT2D eigenvalue weighted by molar-refractivity contribution is -0.134. The van der Waals surface area contributed by atoms with Crippen LogP contribution in [0.1, 0.15) is 37.2 Å². The van der Waals surface area contributed by atoms with Crippen molar-refractivity contribution in [1.82, 2.24) is 9.62 Å². The van der Waals surface area contributed by atoms with Crippen LogP contribution in [0.4, 0.5) is 0 Å². The molecule has 2 heterocycles. The highest BCUT2D eigenvalue weighted by Gasteiger charge is 2.30. The van der Waals surface area contributed by atoms with E-state index in [0.717, 1.165) is 37.5 Å². The maximum Gasteiger partial charge on any atom is 0.260 e. The number of ether oxygens (including phenoxy) is 2. The first-order valence-electron chi connectivity index (χ1n) is 9.48. The van der Waals surface area contributed by atoms with Crippen molar-refractivity contribution < 1.29 is 22.7 Å². The van der Waals surface area contributed by atoms with Gasteiger partial charge in [-0.15, -0.1) is 0 Å². The van der Waals surface area contributed by atoms with Gasteiger partial charge in [-0.05, 0) is 43.7 Å². The highest BCUT2D eigenvalue weighted by molar-refractivity contribution is 7.88. The Hall–Kier alpha value is -1.35. The van der Waals surface area contributed by atoms with Gasteiger partial charge in [-0.1, -0.05) is 17.7 Å². The van der Waals surface area contributed by atoms with E-state index in [1.165, 1.54) is 4.90 Å². The molecule has 1 amide bonds. The Bertz CT molecular complexity index is 809. The maximum absolute atomic E-state index is 12.5. The molecule has 2 aliphatic heterocycles. The Morgan fingerprint density at radius 1 is 1.25 bits per heavy atom. The number of rotatable bonds is 3. The lowest BCUT2D eigenvalue weighted by Crippen LogP contribution is -2.45. The van der Waals surface area contributed by atoms with Crippen LogP contribution in [0, 0.1) is 0 Å². The Balaban J connectivity index is 1.82. The molecular formula is C19H27ClN2O5S. The first-order chi connectivity index (χ1) is 13.2. The first kappa shape index (κ1) is 21.4. The fourth-order valence-electron chi connectivity index (χ4n) is 3.86. The Labute approximate surface area is 171 Å². The van der Waals surface area contributed by atoms with Gasteiger partial charge in [0.2, 0.25) is 10.0 Å². The summed E-state index contributed by atoms with van der Waals surface area (Å²) in [4.78, 5) is 14.0. The van der Waals surface area contributed by atoms with Gasteiger partial charge in [-0.3, -0.25) is 4.79 Å². The summed E-state index contributed by atoms with van der Waals surface area (Å²) in [6, 6.07) is 5.54. The topological polar surface area (TPSA) is 84.9 Å². The molecule has 7 nitrogen and oxygen atoms in total. The molecule has 1 aromatic rings. The molecule has 1 aliphatic carbocycles. The molecule has 1 fully saturated rings. The van der Waals surface area contributed by atoms with Gasteiger partial charge in [0.15, 0.2) is 6.61 Å². The molecule has 0 radical (unpaired) electrons. The van der Waals surface area contributed by atoms with Crippen molar-refractivity contribution in [2.75, 3.05) is 33.0 Å². The van der Waals surface area contributed by atoms with Gasteiger partial charge >= 0.3 is 0 Å². The van der Waals surface area contributed by atoms with Crippen molar-refractivity contribution in [1.29, 1.82) is 0 Å². The zero-order valence-electron chi connectivity index (χ0n) is 16.2. The van der Waals surface area contributed by atoms with Crippen molar-refractivity contribution in [2.24, 2.45) is 0 Å². The molecule has 0 aromatic heterocycles. The van der Waals surface area contributed by atoms with Crippen molar-refractivity contribution >= 4 is 27.5 Å². The van der Waals surface area contributed by atoms with Crippen molar-refractivity contribution in [2.45, 2.75) is 43.8 Å². The zero-order chi connectivity index (χ0) is 20.3. The second kappa shape index (κ2) is 8.98. The van der Waals surface area contributed by atoms with Gasteiger partial charge in [-0.25, -0.2) is 13.1 Å². The molecule has 1 saturated carbocycles. The van der Waals surface area contributed by atoms with Crippen LogP contribution in [0.5, 0.6) is 5.75 Å². The lowest BCUT2D eigenvalue weighted by atomic mass is 9.82. The molecule has 156 valence electrons. The Kier molecular flexibility index (Phi) is 6.85. The standard InChI is InChI=1S/C19H27ClN2O5S/c1-22-11-15(10-21-28(2,24)25)27-14-8-6-13(7-9-14)19-16(20)4-3-5-17(19)26-12-18(22)23/h3-5,13-15,21H,6-12H2,1-2H3/t13-,14+,15?. The number of hydrogen-bond acceptors (Lipinski definition) is 5. The van der Waals surface area contributed by atoms with Crippen LogP contribution in [0.2, 0.25) is 5.02 Å². The van der Waals surface area contributed by atoms with Gasteiger partial charge in [0.1, 0.15) is 5.75 Å². The van der Waals surface area contributed by atoms with E-state index in [2.05, 4.69) is 4.72 Å². The van der Waals surface area contributed by atoms with Crippen LogP contribution in [-0.4, -0.2) is 64.4 Å². The Morgan fingerprint density at radius 3 is 2.64 bits per heavy atom. The predicted molar refractivity (Wildman–Crippen MR) is 107 cm³/mol. The average molecular weight is 431 g/mol. The molecule has 1 aromatic carbocycles. The van der Waals surface area contributed by atoms with E-state index in [0.29, 0.717) is 10.8 Å². The summed E-state index contributed by atoms with van der Waals surface area (Å²) in [7, 11) is -1.67. The number of halogens is 1. The van der Waals surface area contributed by atoms with Crippen LogP contribution in [-0.2, 0) is 19.6 Å². The van der Waals surface area contributed by atoms with Gasteiger partial charge in [0.25, 0.3) is 5.91 Å².